The lowest BCUT2D eigenvalue weighted by atomic mass is 9.73. The summed E-state index contributed by atoms with van der Waals surface area (Å²) in [7, 11) is 1.65. The smallest absolute Gasteiger partial charge is 0.231 e. The average molecular weight is 276 g/mol. The molecule has 0 aliphatic heterocycles. The van der Waals surface area contributed by atoms with E-state index < -0.39 is 5.41 Å². The van der Waals surface area contributed by atoms with Crippen LogP contribution in [0, 0.1) is 5.41 Å². The first-order valence-electron chi connectivity index (χ1n) is 7.30. The van der Waals surface area contributed by atoms with Crippen LogP contribution in [0.2, 0.25) is 0 Å². The number of amides is 1. The fourth-order valence-corrected chi connectivity index (χ4v) is 2.93. The summed E-state index contributed by atoms with van der Waals surface area (Å²) in [6, 6.07) is 7.75. The van der Waals surface area contributed by atoms with Crippen LogP contribution in [-0.2, 0) is 16.1 Å². The summed E-state index contributed by atoms with van der Waals surface area (Å²) in [4.78, 5) is 12.6. The van der Waals surface area contributed by atoms with Crippen LogP contribution in [-0.4, -0.2) is 19.6 Å². The third-order valence-electron chi connectivity index (χ3n) is 4.25. The maximum atomic E-state index is 12.6. The van der Waals surface area contributed by atoms with E-state index in [9.17, 15) is 4.79 Å². The molecule has 1 aromatic rings. The second-order valence-corrected chi connectivity index (χ2v) is 5.59. The molecule has 0 atom stereocenters. The maximum absolute atomic E-state index is 12.6. The summed E-state index contributed by atoms with van der Waals surface area (Å²) in [6.07, 6.45) is 5.16. The molecule has 0 aromatic heterocycles. The van der Waals surface area contributed by atoms with Crippen molar-refractivity contribution in [2.24, 2.45) is 11.1 Å². The van der Waals surface area contributed by atoms with E-state index in [2.05, 4.69) is 5.32 Å². The standard InChI is InChI=1S/C16H24N2O2/c1-20-11-13-7-3-4-8-14(13)18-15(19)16(12-17)9-5-2-6-10-16/h3-4,7-8H,2,5-6,9-12,17H2,1H3,(H,18,19). The lowest BCUT2D eigenvalue weighted by molar-refractivity contribution is -0.126. The van der Waals surface area contributed by atoms with Crippen molar-refractivity contribution < 1.29 is 9.53 Å². The molecule has 20 heavy (non-hydrogen) atoms. The molecule has 0 radical (unpaired) electrons. The molecule has 1 amide bonds. The second kappa shape index (κ2) is 6.86. The Kier molecular flexibility index (Phi) is 5.15. The van der Waals surface area contributed by atoms with Crippen molar-refractivity contribution in [3.8, 4) is 0 Å². The highest BCUT2D eigenvalue weighted by molar-refractivity contribution is 5.96. The van der Waals surface area contributed by atoms with E-state index >= 15 is 0 Å². The number of ether oxygens (including phenoxy) is 1. The van der Waals surface area contributed by atoms with Crippen molar-refractivity contribution in [2.45, 2.75) is 38.7 Å². The molecule has 4 nitrogen and oxygen atoms in total. The van der Waals surface area contributed by atoms with Gasteiger partial charge >= 0.3 is 0 Å². The SMILES string of the molecule is COCc1ccccc1NC(=O)C1(CN)CCCCC1. The summed E-state index contributed by atoms with van der Waals surface area (Å²) < 4.78 is 5.17. The van der Waals surface area contributed by atoms with Crippen molar-refractivity contribution in [2.75, 3.05) is 19.0 Å². The van der Waals surface area contributed by atoms with Crippen LogP contribution in [0.5, 0.6) is 0 Å². The van der Waals surface area contributed by atoms with Gasteiger partial charge in [0.25, 0.3) is 0 Å². The third-order valence-corrected chi connectivity index (χ3v) is 4.25. The van der Waals surface area contributed by atoms with E-state index in [0.717, 1.165) is 36.9 Å². The Morgan fingerprint density at radius 3 is 2.65 bits per heavy atom. The minimum absolute atomic E-state index is 0.0586. The van der Waals surface area contributed by atoms with Crippen LogP contribution >= 0.6 is 0 Å². The number of rotatable bonds is 5. The van der Waals surface area contributed by atoms with Gasteiger partial charge in [-0.15, -0.1) is 0 Å². The van der Waals surface area contributed by atoms with Gasteiger partial charge in [0.1, 0.15) is 0 Å². The molecule has 1 aromatic carbocycles. The number of nitrogens with one attached hydrogen (secondary N) is 1. The zero-order valence-electron chi connectivity index (χ0n) is 12.2. The number of nitrogens with two attached hydrogens (primary N) is 1. The summed E-state index contributed by atoms with van der Waals surface area (Å²) >= 11 is 0. The van der Waals surface area contributed by atoms with Gasteiger partial charge in [0.15, 0.2) is 0 Å². The summed E-state index contributed by atoms with van der Waals surface area (Å²) in [5.41, 5.74) is 7.34. The number of methoxy groups -OCH3 is 1. The molecular formula is C16H24N2O2. The maximum Gasteiger partial charge on any atom is 0.231 e. The number of hydrogen-bond donors (Lipinski definition) is 2. The highest BCUT2D eigenvalue weighted by Crippen LogP contribution is 2.36. The molecule has 1 aliphatic rings. The van der Waals surface area contributed by atoms with E-state index in [-0.39, 0.29) is 5.91 Å². The van der Waals surface area contributed by atoms with Crippen LogP contribution < -0.4 is 11.1 Å². The average Bonchev–Trinajstić information content (AvgIpc) is 2.50. The highest BCUT2D eigenvalue weighted by Gasteiger charge is 2.38. The lowest BCUT2D eigenvalue weighted by Crippen LogP contribution is -2.44. The number of carbonyl (C=O) groups is 1. The Labute approximate surface area is 120 Å². The number of hydrogen-bond acceptors (Lipinski definition) is 3. The Hall–Kier alpha value is -1.39. The van der Waals surface area contributed by atoms with Crippen LogP contribution in [0.15, 0.2) is 24.3 Å². The van der Waals surface area contributed by atoms with Crippen molar-refractivity contribution >= 4 is 11.6 Å². The van der Waals surface area contributed by atoms with Gasteiger partial charge in [-0.2, -0.15) is 0 Å². The van der Waals surface area contributed by atoms with Gasteiger partial charge in [-0.25, -0.2) is 0 Å². The minimum atomic E-state index is -0.390. The number of para-hydroxylation sites is 1. The van der Waals surface area contributed by atoms with E-state index in [1.807, 2.05) is 24.3 Å². The molecule has 0 spiro atoms. The van der Waals surface area contributed by atoms with Crippen LogP contribution in [0.4, 0.5) is 5.69 Å². The van der Waals surface area contributed by atoms with E-state index in [1.165, 1.54) is 6.42 Å². The van der Waals surface area contributed by atoms with Crippen LogP contribution in [0.1, 0.15) is 37.7 Å². The van der Waals surface area contributed by atoms with Gasteiger partial charge in [0.05, 0.1) is 12.0 Å². The molecule has 4 heteroatoms. The third kappa shape index (κ3) is 3.19. The fourth-order valence-electron chi connectivity index (χ4n) is 2.93. The van der Waals surface area contributed by atoms with Crippen molar-refractivity contribution in [1.29, 1.82) is 0 Å². The molecule has 110 valence electrons. The van der Waals surface area contributed by atoms with Crippen molar-refractivity contribution in [1.82, 2.24) is 0 Å². The molecule has 0 saturated heterocycles. The Morgan fingerprint density at radius 1 is 1.30 bits per heavy atom. The molecule has 2 rings (SSSR count). The van der Waals surface area contributed by atoms with Gasteiger partial charge in [0.2, 0.25) is 5.91 Å². The Balaban J connectivity index is 2.14. The first-order chi connectivity index (χ1) is 9.72. The lowest BCUT2D eigenvalue weighted by Gasteiger charge is -2.34. The Morgan fingerprint density at radius 2 is 2.00 bits per heavy atom. The fraction of sp³-hybridized carbons (Fsp3) is 0.562. The molecule has 1 saturated carbocycles. The van der Waals surface area contributed by atoms with Gasteiger partial charge in [-0.05, 0) is 18.9 Å². The van der Waals surface area contributed by atoms with Gasteiger partial charge in [0, 0.05) is 24.9 Å². The minimum Gasteiger partial charge on any atom is -0.380 e. The predicted molar refractivity (Wildman–Crippen MR) is 80.4 cm³/mol. The predicted octanol–water partition coefficient (Wildman–Crippen LogP) is 2.68. The van der Waals surface area contributed by atoms with E-state index in [0.29, 0.717) is 13.2 Å². The topological polar surface area (TPSA) is 64.3 Å². The monoisotopic (exact) mass is 276 g/mol. The second-order valence-electron chi connectivity index (χ2n) is 5.59. The summed E-state index contributed by atoms with van der Waals surface area (Å²) in [5, 5.41) is 3.06. The first kappa shape index (κ1) is 15.0. The molecule has 1 fully saturated rings. The number of anilines is 1. The summed E-state index contributed by atoms with van der Waals surface area (Å²) in [5.74, 6) is 0.0586. The molecular weight excluding hydrogens is 252 g/mol. The highest BCUT2D eigenvalue weighted by atomic mass is 16.5. The van der Waals surface area contributed by atoms with Crippen LogP contribution in [0.25, 0.3) is 0 Å². The van der Waals surface area contributed by atoms with Crippen molar-refractivity contribution in [3.63, 3.8) is 0 Å². The van der Waals surface area contributed by atoms with E-state index in [4.69, 9.17) is 10.5 Å². The largest absolute Gasteiger partial charge is 0.380 e. The molecule has 0 unspecified atom stereocenters. The number of benzene rings is 1. The first-order valence-corrected chi connectivity index (χ1v) is 7.30. The van der Waals surface area contributed by atoms with Gasteiger partial charge in [-0.3, -0.25) is 4.79 Å². The van der Waals surface area contributed by atoms with Crippen LogP contribution in [0.3, 0.4) is 0 Å². The van der Waals surface area contributed by atoms with Gasteiger partial charge in [-0.1, -0.05) is 37.5 Å². The van der Waals surface area contributed by atoms with E-state index in [1.54, 1.807) is 7.11 Å². The summed E-state index contributed by atoms with van der Waals surface area (Å²) in [6.45, 7) is 0.914. The normalized spacial score (nSPS) is 17.7. The molecule has 0 bridgehead atoms. The zero-order valence-corrected chi connectivity index (χ0v) is 12.2. The Bertz CT molecular complexity index is 454. The molecule has 3 N–H and O–H groups in total. The number of carbonyl (C=O) groups excluding carboxylic acids is 1. The molecule has 0 heterocycles. The quantitative estimate of drug-likeness (QED) is 0.869. The molecule has 1 aliphatic carbocycles. The zero-order chi connectivity index (χ0) is 14.4. The van der Waals surface area contributed by atoms with Gasteiger partial charge < -0.3 is 15.8 Å². The van der Waals surface area contributed by atoms with Crippen molar-refractivity contribution in [3.05, 3.63) is 29.8 Å².